The normalized spacial score (nSPS) is 11.1. The van der Waals surface area contributed by atoms with E-state index in [2.05, 4.69) is 108 Å². The Morgan fingerprint density at radius 1 is 0.484 bits per heavy atom. The standard InChI is InChI=1S/C29H24N2/c1-19-20(2)30-21(3)31-29(19)24-11-9-23(10-12-24)26-14-16-27-17-25(13-15-28(27)18-26)22-7-5-4-6-8-22/h4-18H,1-3H3. The highest BCUT2D eigenvalue weighted by molar-refractivity contribution is 5.91. The van der Waals surface area contributed by atoms with Crippen molar-refractivity contribution in [2.45, 2.75) is 20.8 Å². The van der Waals surface area contributed by atoms with E-state index in [-0.39, 0.29) is 0 Å². The van der Waals surface area contributed by atoms with Crippen molar-refractivity contribution in [3.8, 4) is 33.5 Å². The molecule has 31 heavy (non-hydrogen) atoms. The first-order valence-electron chi connectivity index (χ1n) is 10.6. The van der Waals surface area contributed by atoms with Crippen LogP contribution in [0.25, 0.3) is 44.3 Å². The van der Waals surface area contributed by atoms with Crippen molar-refractivity contribution in [3.63, 3.8) is 0 Å². The minimum Gasteiger partial charge on any atom is -0.238 e. The Kier molecular flexibility index (Phi) is 4.83. The summed E-state index contributed by atoms with van der Waals surface area (Å²) >= 11 is 0. The van der Waals surface area contributed by atoms with Crippen molar-refractivity contribution in [1.82, 2.24) is 9.97 Å². The van der Waals surface area contributed by atoms with Crippen molar-refractivity contribution in [1.29, 1.82) is 0 Å². The van der Waals surface area contributed by atoms with Gasteiger partial charge in [0.05, 0.1) is 5.69 Å². The SMILES string of the molecule is Cc1nc(C)c(C)c(-c2ccc(-c3ccc4cc(-c5ccccc5)ccc4c3)cc2)n1. The lowest BCUT2D eigenvalue weighted by Crippen LogP contribution is -1.98. The number of nitrogens with zero attached hydrogens (tertiary/aromatic N) is 2. The van der Waals surface area contributed by atoms with E-state index in [1.807, 2.05) is 13.8 Å². The fourth-order valence-corrected chi connectivity index (χ4v) is 4.11. The van der Waals surface area contributed by atoms with Crippen molar-refractivity contribution in [3.05, 3.63) is 108 Å². The summed E-state index contributed by atoms with van der Waals surface area (Å²) in [6.45, 7) is 6.08. The van der Waals surface area contributed by atoms with Gasteiger partial charge in [-0.15, -0.1) is 0 Å². The number of rotatable bonds is 3. The molecule has 2 heteroatoms. The van der Waals surface area contributed by atoms with Crippen LogP contribution >= 0.6 is 0 Å². The summed E-state index contributed by atoms with van der Waals surface area (Å²) < 4.78 is 0. The molecule has 0 amide bonds. The number of fused-ring (bicyclic) bond motifs is 1. The third-order valence-electron chi connectivity index (χ3n) is 5.94. The molecule has 0 fully saturated rings. The van der Waals surface area contributed by atoms with Crippen LogP contribution in [-0.4, -0.2) is 9.97 Å². The minimum absolute atomic E-state index is 0.812. The number of aromatic nitrogens is 2. The second-order valence-electron chi connectivity index (χ2n) is 8.05. The largest absolute Gasteiger partial charge is 0.238 e. The first-order valence-corrected chi connectivity index (χ1v) is 10.6. The zero-order valence-corrected chi connectivity index (χ0v) is 18.1. The zero-order chi connectivity index (χ0) is 21.4. The molecule has 4 aromatic carbocycles. The highest BCUT2D eigenvalue weighted by Crippen LogP contribution is 2.30. The molecule has 5 rings (SSSR count). The van der Waals surface area contributed by atoms with Gasteiger partial charge < -0.3 is 0 Å². The number of benzene rings is 4. The molecule has 0 spiro atoms. The molecule has 0 radical (unpaired) electrons. The second-order valence-corrected chi connectivity index (χ2v) is 8.05. The summed E-state index contributed by atoms with van der Waals surface area (Å²) in [7, 11) is 0. The van der Waals surface area contributed by atoms with Crippen molar-refractivity contribution >= 4 is 10.8 Å². The molecule has 5 aromatic rings. The summed E-state index contributed by atoms with van der Waals surface area (Å²) in [5.74, 6) is 0.812. The molecule has 0 N–H and O–H groups in total. The molecule has 0 saturated heterocycles. The molecule has 0 atom stereocenters. The monoisotopic (exact) mass is 400 g/mol. The maximum atomic E-state index is 4.67. The highest BCUT2D eigenvalue weighted by atomic mass is 14.9. The summed E-state index contributed by atoms with van der Waals surface area (Å²) in [5.41, 5.74) is 9.24. The van der Waals surface area contributed by atoms with E-state index in [1.54, 1.807) is 0 Å². The van der Waals surface area contributed by atoms with Gasteiger partial charge in [-0.2, -0.15) is 0 Å². The highest BCUT2D eigenvalue weighted by Gasteiger charge is 2.09. The molecule has 1 heterocycles. The molecule has 0 aliphatic heterocycles. The zero-order valence-electron chi connectivity index (χ0n) is 18.1. The third-order valence-corrected chi connectivity index (χ3v) is 5.94. The number of aryl methyl sites for hydroxylation is 2. The molecule has 150 valence electrons. The van der Waals surface area contributed by atoms with Crippen LogP contribution in [0, 0.1) is 20.8 Å². The van der Waals surface area contributed by atoms with Gasteiger partial charge in [0.2, 0.25) is 0 Å². The van der Waals surface area contributed by atoms with Crippen LogP contribution in [-0.2, 0) is 0 Å². The minimum atomic E-state index is 0.812. The van der Waals surface area contributed by atoms with E-state index in [0.717, 1.165) is 28.3 Å². The number of hydrogen-bond acceptors (Lipinski definition) is 2. The van der Waals surface area contributed by atoms with E-state index >= 15 is 0 Å². The lowest BCUT2D eigenvalue weighted by molar-refractivity contribution is 0.992. The van der Waals surface area contributed by atoms with Gasteiger partial charge in [-0.3, -0.25) is 0 Å². The van der Waals surface area contributed by atoms with Gasteiger partial charge in [0.15, 0.2) is 0 Å². The van der Waals surface area contributed by atoms with Crippen LogP contribution in [0.15, 0.2) is 91.0 Å². The predicted molar refractivity (Wildman–Crippen MR) is 130 cm³/mol. The van der Waals surface area contributed by atoms with Crippen LogP contribution in [0.5, 0.6) is 0 Å². The Bertz CT molecular complexity index is 1380. The smallest absolute Gasteiger partial charge is 0.126 e. The first-order chi connectivity index (χ1) is 15.1. The van der Waals surface area contributed by atoms with E-state index in [0.29, 0.717) is 0 Å². The second kappa shape index (κ2) is 7.81. The summed E-state index contributed by atoms with van der Waals surface area (Å²) in [6.07, 6.45) is 0. The van der Waals surface area contributed by atoms with Crippen molar-refractivity contribution < 1.29 is 0 Å². The van der Waals surface area contributed by atoms with Gasteiger partial charge in [0.25, 0.3) is 0 Å². The van der Waals surface area contributed by atoms with Gasteiger partial charge in [-0.05, 0) is 71.5 Å². The van der Waals surface area contributed by atoms with Gasteiger partial charge in [-0.1, -0.05) is 78.9 Å². The Labute approximate surface area is 183 Å². The lowest BCUT2D eigenvalue weighted by atomic mass is 9.96. The van der Waals surface area contributed by atoms with Crippen LogP contribution < -0.4 is 0 Å². The van der Waals surface area contributed by atoms with Crippen LogP contribution in [0.2, 0.25) is 0 Å². The van der Waals surface area contributed by atoms with Gasteiger partial charge in [-0.25, -0.2) is 9.97 Å². The quantitative estimate of drug-likeness (QED) is 0.312. The molecule has 0 saturated carbocycles. The average molecular weight is 401 g/mol. The van der Waals surface area contributed by atoms with Crippen LogP contribution in [0.3, 0.4) is 0 Å². The molecular formula is C29H24N2. The van der Waals surface area contributed by atoms with Crippen LogP contribution in [0.4, 0.5) is 0 Å². The Morgan fingerprint density at radius 3 is 1.61 bits per heavy atom. The Balaban J connectivity index is 1.48. The lowest BCUT2D eigenvalue weighted by Gasteiger charge is -2.10. The average Bonchev–Trinajstić information content (AvgIpc) is 2.81. The molecular weight excluding hydrogens is 376 g/mol. The fraction of sp³-hybridized carbons (Fsp3) is 0.103. The maximum Gasteiger partial charge on any atom is 0.126 e. The molecule has 2 nitrogen and oxygen atoms in total. The summed E-state index contributed by atoms with van der Waals surface area (Å²) in [6, 6.07) is 32.6. The van der Waals surface area contributed by atoms with Crippen molar-refractivity contribution in [2.75, 3.05) is 0 Å². The van der Waals surface area contributed by atoms with Gasteiger partial charge in [0, 0.05) is 11.3 Å². The third kappa shape index (κ3) is 3.73. The summed E-state index contributed by atoms with van der Waals surface area (Å²) in [5, 5.41) is 2.50. The van der Waals surface area contributed by atoms with Gasteiger partial charge in [0.1, 0.15) is 5.82 Å². The predicted octanol–water partition coefficient (Wildman–Crippen LogP) is 7.56. The molecule has 0 unspecified atom stereocenters. The Hall–Kier alpha value is -3.78. The first kappa shape index (κ1) is 19.2. The number of hydrogen-bond donors (Lipinski definition) is 0. The van der Waals surface area contributed by atoms with E-state index in [9.17, 15) is 0 Å². The van der Waals surface area contributed by atoms with E-state index < -0.39 is 0 Å². The summed E-state index contributed by atoms with van der Waals surface area (Å²) in [4.78, 5) is 9.14. The maximum absolute atomic E-state index is 4.67. The van der Waals surface area contributed by atoms with E-state index in [4.69, 9.17) is 0 Å². The Morgan fingerprint density at radius 2 is 1.00 bits per heavy atom. The molecule has 0 aliphatic carbocycles. The topological polar surface area (TPSA) is 25.8 Å². The fourth-order valence-electron chi connectivity index (χ4n) is 4.11. The van der Waals surface area contributed by atoms with Crippen molar-refractivity contribution in [2.24, 2.45) is 0 Å². The van der Waals surface area contributed by atoms with Crippen LogP contribution in [0.1, 0.15) is 17.1 Å². The van der Waals surface area contributed by atoms with Gasteiger partial charge >= 0.3 is 0 Å². The van der Waals surface area contributed by atoms with E-state index in [1.165, 1.54) is 33.0 Å². The molecule has 1 aromatic heterocycles. The molecule has 0 aliphatic rings. The molecule has 0 bridgehead atoms.